The molecule has 0 bridgehead atoms. The molecule has 0 N–H and O–H groups in total. The normalized spacial score (nSPS) is 20.2. The summed E-state index contributed by atoms with van der Waals surface area (Å²) in [5.41, 5.74) is -2.55. The van der Waals surface area contributed by atoms with Crippen molar-refractivity contribution < 1.29 is 22.6 Å². The van der Waals surface area contributed by atoms with Crippen LogP contribution >= 0.6 is 11.3 Å². The van der Waals surface area contributed by atoms with Crippen molar-refractivity contribution in [3.8, 4) is 24.0 Å². The first-order valence-corrected chi connectivity index (χ1v) is 17.8. The fraction of sp³-hybridized carbons (Fsp3) is 0.341. The molecule has 3 unspecified atom stereocenters. The van der Waals surface area contributed by atoms with Gasteiger partial charge in [0.05, 0.1) is 7.11 Å². The highest BCUT2D eigenvalue weighted by Crippen LogP contribution is 2.56. The van der Waals surface area contributed by atoms with E-state index in [1.807, 2.05) is 24.3 Å². The number of anilines is 1. The highest BCUT2D eigenvalue weighted by molar-refractivity contribution is 7.13. The third-order valence-corrected chi connectivity index (χ3v) is 9.89. The third kappa shape index (κ3) is 8.56. The Balaban J connectivity index is 1.60. The van der Waals surface area contributed by atoms with Gasteiger partial charge >= 0.3 is 6.18 Å². The summed E-state index contributed by atoms with van der Waals surface area (Å²) in [6.07, 6.45) is 15.6. The smallest absolute Gasteiger partial charge is 0.433 e. The van der Waals surface area contributed by atoms with Crippen LogP contribution in [0.1, 0.15) is 61.8 Å². The predicted octanol–water partition coefficient (Wildman–Crippen LogP) is 10.7. The first-order chi connectivity index (χ1) is 24.6. The number of benzene rings is 1. The molecule has 1 aromatic carbocycles. The molecule has 2 aromatic rings. The third-order valence-electron chi connectivity index (χ3n) is 8.88. The standard InChI is InChI=1S/C41H41F3N4O2S/c1-5-7-23-48(24-8-6-2)32-19-17-30(38(25-32)49-4)18-20-34-22-21-33(51-34)14-10-12-16-37-35(28-47)39(31(26-45)27-46)50-40(37,41(42,43)44)36-15-11-9-13-29(36)3/h9-22,25,29,36H,5-8,23-24H2,1-4H3/b14-10+,16-12+,20-18+. The second kappa shape index (κ2) is 17.6. The van der Waals surface area contributed by atoms with Gasteiger partial charge in [-0.25, -0.2) is 0 Å². The average Bonchev–Trinajstić information content (AvgIpc) is 3.72. The summed E-state index contributed by atoms with van der Waals surface area (Å²) in [7, 11) is 1.67. The Labute approximate surface area is 302 Å². The Morgan fingerprint density at radius 3 is 2.18 bits per heavy atom. The van der Waals surface area contributed by atoms with Crippen molar-refractivity contribution in [2.75, 3.05) is 25.1 Å². The Morgan fingerprint density at radius 1 is 0.941 bits per heavy atom. The monoisotopic (exact) mass is 710 g/mol. The number of rotatable bonds is 14. The summed E-state index contributed by atoms with van der Waals surface area (Å²) in [4.78, 5) is 4.23. The zero-order chi connectivity index (χ0) is 37.0. The van der Waals surface area contributed by atoms with Gasteiger partial charge < -0.3 is 14.4 Å². The molecule has 51 heavy (non-hydrogen) atoms. The fourth-order valence-corrected chi connectivity index (χ4v) is 7.02. The van der Waals surface area contributed by atoms with E-state index in [-0.39, 0.29) is 0 Å². The van der Waals surface area contributed by atoms with Gasteiger partial charge in [-0.3, -0.25) is 0 Å². The van der Waals surface area contributed by atoms with Gasteiger partial charge in [0.15, 0.2) is 11.3 Å². The number of nitriles is 3. The molecule has 0 saturated heterocycles. The maximum absolute atomic E-state index is 15.2. The minimum absolute atomic E-state index is 0.453. The summed E-state index contributed by atoms with van der Waals surface area (Å²) in [6, 6.07) is 15.1. The summed E-state index contributed by atoms with van der Waals surface area (Å²) < 4.78 is 56.8. The highest BCUT2D eigenvalue weighted by Gasteiger charge is 2.68. The van der Waals surface area contributed by atoms with Crippen molar-refractivity contribution in [1.82, 2.24) is 0 Å². The van der Waals surface area contributed by atoms with Gasteiger partial charge in [0.25, 0.3) is 0 Å². The summed E-state index contributed by atoms with van der Waals surface area (Å²) in [5, 5.41) is 29.0. The molecule has 10 heteroatoms. The molecule has 2 heterocycles. The van der Waals surface area contributed by atoms with Crippen LogP contribution < -0.4 is 9.64 Å². The molecule has 1 aliphatic carbocycles. The largest absolute Gasteiger partial charge is 0.496 e. The van der Waals surface area contributed by atoms with Crippen molar-refractivity contribution in [2.45, 2.75) is 58.2 Å². The lowest BCUT2D eigenvalue weighted by atomic mass is 9.72. The van der Waals surface area contributed by atoms with E-state index < -0.39 is 46.1 Å². The van der Waals surface area contributed by atoms with Crippen LogP contribution in [0.4, 0.5) is 18.9 Å². The highest BCUT2D eigenvalue weighted by atomic mass is 32.1. The zero-order valence-electron chi connectivity index (χ0n) is 29.2. The van der Waals surface area contributed by atoms with Gasteiger partial charge in [0, 0.05) is 51.7 Å². The molecule has 6 nitrogen and oxygen atoms in total. The van der Waals surface area contributed by atoms with Crippen molar-refractivity contribution >= 4 is 35.3 Å². The zero-order valence-corrected chi connectivity index (χ0v) is 30.0. The first kappa shape index (κ1) is 38.6. The number of hydrogen-bond donors (Lipinski definition) is 0. The molecule has 1 aliphatic heterocycles. The van der Waals surface area contributed by atoms with Gasteiger partial charge in [-0.1, -0.05) is 76.1 Å². The van der Waals surface area contributed by atoms with Crippen molar-refractivity contribution in [3.05, 3.63) is 111 Å². The molecule has 0 amide bonds. The van der Waals surface area contributed by atoms with Gasteiger partial charge in [-0.05, 0) is 61.3 Å². The number of halogens is 3. The Hall–Kier alpha value is -5.24. The number of hydrogen-bond acceptors (Lipinski definition) is 7. The number of nitrogens with zero attached hydrogens (tertiary/aromatic N) is 4. The Bertz CT molecular complexity index is 1880. The molecular formula is C41H41F3N4O2S. The lowest BCUT2D eigenvalue weighted by Crippen LogP contribution is -2.54. The van der Waals surface area contributed by atoms with Gasteiger partial charge in [-0.15, -0.1) is 11.3 Å². The van der Waals surface area contributed by atoms with E-state index in [0.717, 1.165) is 65.5 Å². The van der Waals surface area contributed by atoms with Crippen LogP contribution in [0, 0.1) is 45.8 Å². The SMILES string of the molecule is CCCCN(CCCC)c1ccc(/C=C/c2ccc(/C=C/C=C/C3=C(C#N)C(=C(C#N)C#N)OC3(C3C=CC=CC3C)C(F)(F)F)s2)c(OC)c1. The van der Waals surface area contributed by atoms with Crippen LogP contribution in [0.25, 0.3) is 18.2 Å². The van der Waals surface area contributed by atoms with Crippen LogP contribution in [-0.2, 0) is 4.74 Å². The number of alkyl halides is 3. The minimum atomic E-state index is -4.99. The maximum atomic E-state index is 15.2. The number of unbranched alkanes of at least 4 members (excludes halogenated alkanes) is 2. The second-order valence-corrected chi connectivity index (χ2v) is 13.4. The topological polar surface area (TPSA) is 93.1 Å². The molecular weight excluding hydrogens is 670 g/mol. The molecule has 1 aromatic heterocycles. The van der Waals surface area contributed by atoms with Crippen LogP contribution in [-0.4, -0.2) is 32.0 Å². The number of thiophene rings is 1. The van der Waals surface area contributed by atoms with Crippen molar-refractivity contribution in [1.29, 1.82) is 15.8 Å². The van der Waals surface area contributed by atoms with Crippen molar-refractivity contribution in [3.63, 3.8) is 0 Å². The predicted molar refractivity (Wildman–Crippen MR) is 198 cm³/mol. The molecule has 0 spiro atoms. The van der Waals surface area contributed by atoms with E-state index in [2.05, 4.69) is 36.9 Å². The first-order valence-electron chi connectivity index (χ1n) is 16.9. The fourth-order valence-electron chi connectivity index (χ4n) is 6.19. The Morgan fingerprint density at radius 2 is 1.59 bits per heavy atom. The van der Waals surface area contributed by atoms with Crippen LogP contribution in [0.2, 0.25) is 0 Å². The van der Waals surface area contributed by atoms with E-state index in [0.29, 0.717) is 0 Å². The van der Waals surface area contributed by atoms with Crippen LogP contribution in [0.5, 0.6) is 5.75 Å². The second-order valence-electron chi connectivity index (χ2n) is 12.2. The summed E-state index contributed by atoms with van der Waals surface area (Å²) in [5.74, 6) is -1.76. The van der Waals surface area contributed by atoms with E-state index in [1.54, 1.807) is 56.5 Å². The van der Waals surface area contributed by atoms with Crippen molar-refractivity contribution in [2.24, 2.45) is 11.8 Å². The molecule has 264 valence electrons. The Kier molecular flexibility index (Phi) is 13.3. The maximum Gasteiger partial charge on any atom is 0.433 e. The quantitative estimate of drug-likeness (QED) is 0.143. The lowest BCUT2D eigenvalue weighted by molar-refractivity contribution is -0.259. The van der Waals surface area contributed by atoms with E-state index >= 15 is 13.2 Å². The molecule has 0 fully saturated rings. The molecule has 4 rings (SSSR count). The van der Waals surface area contributed by atoms with Gasteiger partial charge in [0.1, 0.15) is 29.5 Å². The summed E-state index contributed by atoms with van der Waals surface area (Å²) in [6.45, 7) is 8.01. The van der Waals surface area contributed by atoms with Crippen LogP contribution in [0.15, 0.2) is 95.3 Å². The summed E-state index contributed by atoms with van der Waals surface area (Å²) >= 11 is 1.49. The number of allylic oxidation sites excluding steroid dienone is 7. The van der Waals surface area contributed by atoms with E-state index in [1.165, 1.54) is 35.6 Å². The molecule has 2 aliphatic rings. The van der Waals surface area contributed by atoms with E-state index in [4.69, 9.17) is 9.47 Å². The number of methoxy groups -OCH3 is 1. The molecule has 0 saturated carbocycles. The average molecular weight is 711 g/mol. The number of ether oxygens (including phenoxy) is 2. The van der Waals surface area contributed by atoms with Crippen LogP contribution in [0.3, 0.4) is 0 Å². The lowest BCUT2D eigenvalue weighted by Gasteiger charge is -2.41. The molecule has 3 atom stereocenters. The van der Waals surface area contributed by atoms with E-state index in [9.17, 15) is 15.8 Å². The van der Waals surface area contributed by atoms with Gasteiger partial charge in [0.2, 0.25) is 5.60 Å². The molecule has 0 radical (unpaired) electrons. The van der Waals surface area contributed by atoms with Gasteiger partial charge in [-0.2, -0.15) is 29.0 Å². The minimum Gasteiger partial charge on any atom is -0.496 e.